The summed E-state index contributed by atoms with van der Waals surface area (Å²) in [4.78, 5) is 16.3. The first-order valence-electron chi connectivity index (χ1n) is 7.72. The van der Waals surface area contributed by atoms with Gasteiger partial charge in [0.05, 0.1) is 11.9 Å². The number of hydrogen-bond acceptors (Lipinski definition) is 2. The minimum Gasteiger partial charge on any atom is -0.328 e. The molecule has 0 unspecified atom stereocenters. The van der Waals surface area contributed by atoms with Gasteiger partial charge in [0.2, 0.25) is 5.91 Å². The van der Waals surface area contributed by atoms with Gasteiger partial charge in [0.25, 0.3) is 0 Å². The fourth-order valence-electron chi connectivity index (χ4n) is 2.81. The molecule has 110 valence electrons. The van der Waals surface area contributed by atoms with Crippen molar-refractivity contribution in [3.05, 3.63) is 36.3 Å². The zero-order valence-electron chi connectivity index (χ0n) is 12.4. The number of anilines is 1. The predicted octanol–water partition coefficient (Wildman–Crippen LogP) is 3.63. The molecule has 1 aromatic carbocycles. The van der Waals surface area contributed by atoms with Crippen LogP contribution in [0.15, 0.2) is 30.5 Å². The molecule has 1 aromatic heterocycles. The summed E-state index contributed by atoms with van der Waals surface area (Å²) in [5, 5.41) is 2.98. The topological polar surface area (TPSA) is 46.9 Å². The van der Waals surface area contributed by atoms with E-state index in [9.17, 15) is 4.79 Å². The predicted molar refractivity (Wildman–Crippen MR) is 84.1 cm³/mol. The first-order chi connectivity index (χ1) is 10.3. The maximum atomic E-state index is 11.8. The maximum absolute atomic E-state index is 11.8. The number of carbonyl (C=O) groups is 1. The molecule has 0 fully saturated rings. The van der Waals surface area contributed by atoms with Gasteiger partial charge >= 0.3 is 0 Å². The number of aryl methyl sites for hydroxylation is 1. The molecule has 0 bridgehead atoms. The number of rotatable bonds is 5. The van der Waals surface area contributed by atoms with Gasteiger partial charge in [0.15, 0.2) is 0 Å². The average molecular weight is 283 g/mol. The van der Waals surface area contributed by atoms with Crippen LogP contribution in [0.4, 0.5) is 5.69 Å². The second-order valence-corrected chi connectivity index (χ2v) is 5.55. The molecule has 3 rings (SSSR count). The van der Waals surface area contributed by atoms with Crippen molar-refractivity contribution in [3.8, 4) is 11.3 Å². The Kier molecular flexibility index (Phi) is 4.04. The van der Waals surface area contributed by atoms with Crippen molar-refractivity contribution in [2.75, 3.05) is 5.32 Å². The van der Waals surface area contributed by atoms with Crippen LogP contribution in [0.25, 0.3) is 11.3 Å². The lowest BCUT2D eigenvalue weighted by Crippen LogP contribution is -2.10. The number of nitrogens with one attached hydrogen (secondary N) is 1. The quantitative estimate of drug-likeness (QED) is 0.911. The van der Waals surface area contributed by atoms with Gasteiger partial charge in [0, 0.05) is 30.6 Å². The van der Waals surface area contributed by atoms with Crippen molar-refractivity contribution in [1.29, 1.82) is 0 Å². The van der Waals surface area contributed by atoms with Gasteiger partial charge in [-0.2, -0.15) is 0 Å². The molecular weight excluding hydrogens is 262 g/mol. The zero-order chi connectivity index (χ0) is 14.7. The van der Waals surface area contributed by atoms with Crippen molar-refractivity contribution >= 4 is 11.6 Å². The number of carbonyl (C=O) groups excluding carboxylic acids is 1. The number of unbranched alkanes of at least 4 members (excludes halogenated alkanes) is 1. The van der Waals surface area contributed by atoms with Crippen LogP contribution >= 0.6 is 0 Å². The van der Waals surface area contributed by atoms with Gasteiger partial charge in [-0.3, -0.25) is 4.79 Å². The van der Waals surface area contributed by atoms with E-state index in [4.69, 9.17) is 0 Å². The Morgan fingerprint density at radius 3 is 3.19 bits per heavy atom. The molecular formula is C17H21N3O. The summed E-state index contributed by atoms with van der Waals surface area (Å²) in [7, 11) is 0. The van der Waals surface area contributed by atoms with E-state index in [1.54, 1.807) is 0 Å². The normalized spacial score (nSPS) is 13.2. The summed E-state index contributed by atoms with van der Waals surface area (Å²) >= 11 is 0. The van der Waals surface area contributed by atoms with Gasteiger partial charge in [-0.1, -0.05) is 25.5 Å². The van der Waals surface area contributed by atoms with Crippen molar-refractivity contribution in [2.45, 2.75) is 45.6 Å². The monoisotopic (exact) mass is 283 g/mol. The van der Waals surface area contributed by atoms with Crippen LogP contribution in [0.1, 0.15) is 38.4 Å². The molecule has 0 atom stereocenters. The molecule has 0 radical (unpaired) electrons. The molecule has 0 spiro atoms. The van der Waals surface area contributed by atoms with Crippen LogP contribution in [0, 0.1) is 0 Å². The van der Waals surface area contributed by atoms with Crippen LogP contribution < -0.4 is 5.32 Å². The van der Waals surface area contributed by atoms with Crippen LogP contribution in [0.2, 0.25) is 0 Å². The Morgan fingerprint density at radius 1 is 1.43 bits per heavy atom. The molecule has 2 heterocycles. The third-order valence-corrected chi connectivity index (χ3v) is 3.92. The summed E-state index contributed by atoms with van der Waals surface area (Å²) in [5.74, 6) is 1.26. The number of imidazole rings is 1. The van der Waals surface area contributed by atoms with E-state index in [1.807, 2.05) is 24.4 Å². The molecule has 4 heteroatoms. The second kappa shape index (κ2) is 6.12. The SMILES string of the molecule is CCCCC(=O)Nc1cccc(-c2cnc3n2CCC3)c1. The Hall–Kier alpha value is -2.10. The average Bonchev–Trinajstić information content (AvgIpc) is 3.08. The van der Waals surface area contributed by atoms with E-state index in [2.05, 4.69) is 27.9 Å². The molecule has 1 N–H and O–H groups in total. The standard InChI is InChI=1S/C17H21N3O/c1-2-3-9-17(21)19-14-7-4-6-13(11-14)15-12-18-16-8-5-10-20(15)16/h4,6-7,11-12H,2-3,5,8-10H2,1H3,(H,19,21). The Morgan fingerprint density at radius 2 is 2.33 bits per heavy atom. The van der Waals surface area contributed by atoms with Gasteiger partial charge < -0.3 is 9.88 Å². The van der Waals surface area contributed by atoms with Gasteiger partial charge in [0.1, 0.15) is 5.82 Å². The maximum Gasteiger partial charge on any atom is 0.224 e. The molecule has 0 saturated heterocycles. The molecule has 1 aliphatic heterocycles. The number of fused-ring (bicyclic) bond motifs is 1. The molecule has 21 heavy (non-hydrogen) atoms. The van der Waals surface area contributed by atoms with E-state index in [0.717, 1.165) is 42.8 Å². The highest BCUT2D eigenvalue weighted by Crippen LogP contribution is 2.27. The lowest BCUT2D eigenvalue weighted by molar-refractivity contribution is -0.116. The molecule has 1 aliphatic rings. The largest absolute Gasteiger partial charge is 0.328 e. The van der Waals surface area contributed by atoms with E-state index in [0.29, 0.717) is 6.42 Å². The summed E-state index contributed by atoms with van der Waals surface area (Å²) in [5.41, 5.74) is 3.12. The Bertz CT molecular complexity index is 645. The highest BCUT2D eigenvalue weighted by Gasteiger charge is 2.16. The third kappa shape index (κ3) is 2.99. The smallest absolute Gasteiger partial charge is 0.224 e. The molecule has 1 amide bonds. The fourth-order valence-corrected chi connectivity index (χ4v) is 2.81. The molecule has 0 saturated carbocycles. The van der Waals surface area contributed by atoms with Crippen molar-refractivity contribution in [3.63, 3.8) is 0 Å². The number of amides is 1. The first kappa shape index (κ1) is 13.9. The molecule has 0 aliphatic carbocycles. The van der Waals surface area contributed by atoms with Crippen molar-refractivity contribution < 1.29 is 4.79 Å². The van der Waals surface area contributed by atoms with Crippen molar-refractivity contribution in [1.82, 2.24) is 9.55 Å². The van der Waals surface area contributed by atoms with E-state index in [1.165, 1.54) is 12.2 Å². The third-order valence-electron chi connectivity index (χ3n) is 3.92. The fraction of sp³-hybridized carbons (Fsp3) is 0.412. The Balaban J connectivity index is 1.78. The number of hydrogen-bond donors (Lipinski definition) is 1. The molecule has 2 aromatic rings. The minimum atomic E-state index is 0.0903. The highest BCUT2D eigenvalue weighted by molar-refractivity contribution is 5.91. The van der Waals surface area contributed by atoms with E-state index >= 15 is 0 Å². The molecule has 4 nitrogen and oxygen atoms in total. The zero-order valence-corrected chi connectivity index (χ0v) is 12.4. The van der Waals surface area contributed by atoms with E-state index < -0.39 is 0 Å². The van der Waals surface area contributed by atoms with Crippen LogP contribution in [-0.4, -0.2) is 15.5 Å². The van der Waals surface area contributed by atoms with Gasteiger partial charge in [-0.05, 0) is 25.0 Å². The number of aromatic nitrogens is 2. The summed E-state index contributed by atoms with van der Waals surface area (Å²) < 4.78 is 2.28. The van der Waals surface area contributed by atoms with Crippen LogP contribution in [0.5, 0.6) is 0 Å². The van der Waals surface area contributed by atoms with Crippen LogP contribution in [0.3, 0.4) is 0 Å². The Labute approximate surface area is 125 Å². The first-order valence-corrected chi connectivity index (χ1v) is 7.72. The van der Waals surface area contributed by atoms with E-state index in [-0.39, 0.29) is 5.91 Å². The number of benzene rings is 1. The number of nitrogens with zero attached hydrogens (tertiary/aromatic N) is 2. The van der Waals surface area contributed by atoms with Gasteiger partial charge in [-0.15, -0.1) is 0 Å². The highest BCUT2D eigenvalue weighted by atomic mass is 16.1. The van der Waals surface area contributed by atoms with Crippen molar-refractivity contribution in [2.24, 2.45) is 0 Å². The summed E-state index contributed by atoms with van der Waals surface area (Å²) in [6, 6.07) is 8.03. The second-order valence-electron chi connectivity index (χ2n) is 5.55. The summed E-state index contributed by atoms with van der Waals surface area (Å²) in [6.45, 7) is 3.13. The summed E-state index contributed by atoms with van der Waals surface area (Å²) in [6.07, 6.45) is 6.73. The minimum absolute atomic E-state index is 0.0903. The van der Waals surface area contributed by atoms with Gasteiger partial charge in [-0.25, -0.2) is 4.98 Å². The van der Waals surface area contributed by atoms with Crippen LogP contribution in [-0.2, 0) is 17.8 Å². The lowest BCUT2D eigenvalue weighted by atomic mass is 10.1. The lowest BCUT2D eigenvalue weighted by Gasteiger charge is -2.09.